The molecule has 0 rings (SSSR count). The van der Waals surface area contributed by atoms with Gasteiger partial charge in [-0.2, -0.15) is 4.31 Å². The zero-order valence-corrected chi connectivity index (χ0v) is 10.2. The Balaban J connectivity index is 4.65. The molecule has 90 valence electrons. The molecule has 0 aliphatic heterocycles. The first kappa shape index (κ1) is 14.6. The number of rotatable bonds is 8. The molecule has 0 saturated heterocycles. The van der Waals surface area contributed by atoms with E-state index in [0.717, 1.165) is 0 Å². The topological polar surface area (TPSA) is 72.6 Å². The largest absolute Gasteiger partial charge is 0.383 e. The summed E-state index contributed by atoms with van der Waals surface area (Å²) in [5.74, 6) is 0. The van der Waals surface area contributed by atoms with Gasteiger partial charge in [-0.15, -0.1) is 6.58 Å². The van der Waals surface area contributed by atoms with E-state index < -0.39 is 15.3 Å². The van der Waals surface area contributed by atoms with Crippen LogP contribution in [0.25, 0.3) is 0 Å². The van der Waals surface area contributed by atoms with E-state index in [-0.39, 0.29) is 13.1 Å². The summed E-state index contributed by atoms with van der Waals surface area (Å²) in [5.41, 5.74) is 5.36. The SMILES string of the molecule is C=CCN(CCOC)S(=O)(=O)C(C)CN. The van der Waals surface area contributed by atoms with Gasteiger partial charge in [-0.1, -0.05) is 6.08 Å². The summed E-state index contributed by atoms with van der Waals surface area (Å²) < 4.78 is 30.0. The monoisotopic (exact) mass is 236 g/mol. The second-order valence-electron chi connectivity index (χ2n) is 3.23. The van der Waals surface area contributed by atoms with Crippen LogP contribution in [0, 0.1) is 0 Å². The predicted molar refractivity (Wildman–Crippen MR) is 61.1 cm³/mol. The molecule has 0 saturated carbocycles. The molecule has 0 aliphatic rings. The summed E-state index contributed by atoms with van der Waals surface area (Å²) in [4.78, 5) is 0. The summed E-state index contributed by atoms with van der Waals surface area (Å²) in [6.45, 7) is 6.22. The van der Waals surface area contributed by atoms with Crippen LogP contribution >= 0.6 is 0 Å². The number of nitrogens with zero attached hydrogens (tertiary/aromatic N) is 1. The fourth-order valence-electron chi connectivity index (χ4n) is 1.04. The van der Waals surface area contributed by atoms with Crippen LogP contribution in [0.15, 0.2) is 12.7 Å². The van der Waals surface area contributed by atoms with Crippen molar-refractivity contribution in [3.05, 3.63) is 12.7 Å². The molecule has 0 aromatic rings. The highest BCUT2D eigenvalue weighted by atomic mass is 32.2. The lowest BCUT2D eigenvalue weighted by Gasteiger charge is -2.23. The van der Waals surface area contributed by atoms with Crippen molar-refractivity contribution in [2.24, 2.45) is 5.73 Å². The van der Waals surface area contributed by atoms with Crippen LogP contribution in [0.4, 0.5) is 0 Å². The van der Waals surface area contributed by atoms with Crippen molar-refractivity contribution >= 4 is 10.0 Å². The molecule has 0 spiro atoms. The summed E-state index contributed by atoms with van der Waals surface area (Å²) >= 11 is 0. The first-order valence-electron chi connectivity index (χ1n) is 4.79. The van der Waals surface area contributed by atoms with Crippen LogP contribution in [0.5, 0.6) is 0 Å². The average molecular weight is 236 g/mol. The third-order valence-corrected chi connectivity index (χ3v) is 4.34. The quantitative estimate of drug-likeness (QED) is 0.592. The first-order valence-corrected chi connectivity index (χ1v) is 6.29. The number of hydrogen-bond donors (Lipinski definition) is 1. The lowest BCUT2D eigenvalue weighted by atomic mass is 10.5. The average Bonchev–Trinajstić information content (AvgIpc) is 2.22. The Hall–Kier alpha value is -0.430. The maximum Gasteiger partial charge on any atom is 0.218 e. The van der Waals surface area contributed by atoms with Crippen molar-refractivity contribution in [1.82, 2.24) is 4.31 Å². The lowest BCUT2D eigenvalue weighted by molar-refractivity contribution is 0.181. The summed E-state index contributed by atoms with van der Waals surface area (Å²) in [6.07, 6.45) is 1.55. The van der Waals surface area contributed by atoms with Gasteiger partial charge in [-0.05, 0) is 6.92 Å². The molecule has 0 aromatic heterocycles. The van der Waals surface area contributed by atoms with Crippen LogP contribution in [0.3, 0.4) is 0 Å². The highest BCUT2D eigenvalue weighted by Crippen LogP contribution is 2.07. The van der Waals surface area contributed by atoms with Gasteiger partial charge >= 0.3 is 0 Å². The van der Waals surface area contributed by atoms with Gasteiger partial charge in [0.2, 0.25) is 10.0 Å². The summed E-state index contributed by atoms with van der Waals surface area (Å²) in [7, 11) is -1.80. The zero-order chi connectivity index (χ0) is 11.9. The normalized spacial score (nSPS) is 14.1. The van der Waals surface area contributed by atoms with Gasteiger partial charge in [0, 0.05) is 26.7 Å². The molecule has 1 atom stereocenters. The van der Waals surface area contributed by atoms with E-state index >= 15 is 0 Å². The highest BCUT2D eigenvalue weighted by Gasteiger charge is 2.26. The van der Waals surface area contributed by atoms with Gasteiger partial charge in [-0.3, -0.25) is 0 Å². The molecule has 1 unspecified atom stereocenters. The molecule has 0 heterocycles. The third kappa shape index (κ3) is 4.29. The molecular formula is C9H20N2O3S. The first-order chi connectivity index (χ1) is 7.00. The molecule has 5 nitrogen and oxygen atoms in total. The van der Waals surface area contributed by atoms with Crippen molar-refractivity contribution in [1.29, 1.82) is 0 Å². The van der Waals surface area contributed by atoms with Crippen LogP contribution in [0.2, 0.25) is 0 Å². The van der Waals surface area contributed by atoms with Gasteiger partial charge in [0.15, 0.2) is 0 Å². The standard InChI is InChI=1S/C9H20N2O3S/c1-4-5-11(6-7-14-3)15(12,13)9(2)8-10/h4,9H,1,5-8,10H2,2-3H3. The summed E-state index contributed by atoms with van der Waals surface area (Å²) in [6, 6.07) is 0. The van der Waals surface area contributed by atoms with E-state index in [4.69, 9.17) is 10.5 Å². The molecule has 0 radical (unpaired) electrons. The Kier molecular flexibility index (Phi) is 6.75. The molecular weight excluding hydrogens is 216 g/mol. The Morgan fingerprint density at radius 1 is 1.60 bits per heavy atom. The van der Waals surface area contributed by atoms with Crippen molar-refractivity contribution < 1.29 is 13.2 Å². The second kappa shape index (κ2) is 6.95. The van der Waals surface area contributed by atoms with E-state index in [1.165, 1.54) is 11.4 Å². The van der Waals surface area contributed by atoms with Crippen molar-refractivity contribution in [2.45, 2.75) is 12.2 Å². The maximum absolute atomic E-state index is 11.9. The number of ether oxygens (including phenoxy) is 1. The minimum absolute atomic E-state index is 0.114. The van der Waals surface area contributed by atoms with Gasteiger partial charge in [0.05, 0.1) is 11.9 Å². The van der Waals surface area contributed by atoms with Crippen molar-refractivity contribution in [3.8, 4) is 0 Å². The van der Waals surface area contributed by atoms with Crippen LogP contribution in [0.1, 0.15) is 6.92 Å². The predicted octanol–water partition coefficient (Wildman–Crippen LogP) is -0.202. The van der Waals surface area contributed by atoms with Crippen molar-refractivity contribution in [2.75, 3.05) is 33.4 Å². The highest BCUT2D eigenvalue weighted by molar-refractivity contribution is 7.89. The number of nitrogens with two attached hydrogens (primary N) is 1. The molecule has 15 heavy (non-hydrogen) atoms. The van der Waals surface area contributed by atoms with Crippen molar-refractivity contribution in [3.63, 3.8) is 0 Å². The Bertz CT molecular complexity index is 277. The Morgan fingerprint density at radius 3 is 2.60 bits per heavy atom. The van der Waals surface area contributed by atoms with E-state index in [1.54, 1.807) is 13.0 Å². The minimum Gasteiger partial charge on any atom is -0.383 e. The molecule has 6 heteroatoms. The van der Waals surface area contributed by atoms with Gasteiger partial charge in [0.25, 0.3) is 0 Å². The van der Waals surface area contributed by atoms with E-state index in [0.29, 0.717) is 13.2 Å². The number of hydrogen-bond acceptors (Lipinski definition) is 4. The molecule has 0 fully saturated rings. The van der Waals surface area contributed by atoms with E-state index in [2.05, 4.69) is 6.58 Å². The third-order valence-electron chi connectivity index (χ3n) is 2.08. The van der Waals surface area contributed by atoms with Crippen LogP contribution in [-0.2, 0) is 14.8 Å². The maximum atomic E-state index is 11.9. The fraction of sp³-hybridized carbons (Fsp3) is 0.778. The van der Waals surface area contributed by atoms with Crippen LogP contribution < -0.4 is 5.73 Å². The van der Waals surface area contributed by atoms with Gasteiger partial charge in [-0.25, -0.2) is 8.42 Å². The van der Waals surface area contributed by atoms with Gasteiger partial charge in [0.1, 0.15) is 0 Å². The smallest absolute Gasteiger partial charge is 0.218 e. The fourth-order valence-corrected chi connectivity index (χ4v) is 2.43. The summed E-state index contributed by atoms with van der Waals surface area (Å²) in [5, 5.41) is -0.575. The molecule has 0 bridgehead atoms. The van der Waals surface area contributed by atoms with E-state index in [9.17, 15) is 8.42 Å². The van der Waals surface area contributed by atoms with Gasteiger partial charge < -0.3 is 10.5 Å². The minimum atomic E-state index is -3.33. The molecule has 2 N–H and O–H groups in total. The Labute approximate surface area is 91.9 Å². The van der Waals surface area contributed by atoms with Crippen LogP contribution in [-0.4, -0.2) is 51.3 Å². The lowest BCUT2D eigenvalue weighted by Crippen LogP contribution is -2.42. The Morgan fingerprint density at radius 2 is 2.20 bits per heavy atom. The molecule has 0 aliphatic carbocycles. The molecule has 0 aromatic carbocycles. The van der Waals surface area contributed by atoms with E-state index in [1.807, 2.05) is 0 Å². The molecule has 0 amide bonds. The number of methoxy groups -OCH3 is 1. The second-order valence-corrected chi connectivity index (χ2v) is 5.58. The zero-order valence-electron chi connectivity index (χ0n) is 9.35. The number of sulfonamides is 1.